The molecule has 3 aromatic rings. The van der Waals surface area contributed by atoms with Crippen molar-refractivity contribution in [3.63, 3.8) is 0 Å². The van der Waals surface area contributed by atoms with Crippen molar-refractivity contribution >= 4 is 33.3 Å². The molecule has 0 saturated heterocycles. The Bertz CT molecular complexity index is 830. The predicted molar refractivity (Wildman–Crippen MR) is 96.3 cm³/mol. The molecule has 5 nitrogen and oxygen atoms in total. The molecule has 2 aromatic heterocycles. The number of carbonyl (C=O) groups is 1. The third-order valence-corrected chi connectivity index (χ3v) is 3.97. The van der Waals surface area contributed by atoms with E-state index in [1.54, 1.807) is 30.7 Å². The summed E-state index contributed by atoms with van der Waals surface area (Å²) >= 11 is 3.44. The number of carbonyl (C=O) groups excluding carboxylic acids is 1. The third kappa shape index (κ3) is 4.02. The van der Waals surface area contributed by atoms with Crippen molar-refractivity contribution in [3.8, 4) is 0 Å². The van der Waals surface area contributed by atoms with Gasteiger partial charge in [0.25, 0.3) is 5.91 Å². The minimum atomic E-state index is -0.190. The van der Waals surface area contributed by atoms with Gasteiger partial charge in [0, 0.05) is 16.4 Å². The van der Waals surface area contributed by atoms with Crippen LogP contribution >= 0.6 is 15.9 Å². The molecular weight excluding hydrogens is 370 g/mol. The van der Waals surface area contributed by atoms with Crippen LogP contribution in [0.4, 0.5) is 11.5 Å². The first-order valence-electron chi connectivity index (χ1n) is 7.41. The molecular formula is C18H16BrN3O2. The molecule has 6 heteroatoms. The van der Waals surface area contributed by atoms with Crippen molar-refractivity contribution in [2.45, 2.75) is 13.5 Å². The van der Waals surface area contributed by atoms with Gasteiger partial charge in [-0.1, -0.05) is 15.9 Å². The van der Waals surface area contributed by atoms with E-state index in [0.717, 1.165) is 15.7 Å². The molecule has 0 bridgehead atoms. The Morgan fingerprint density at radius 3 is 2.79 bits per heavy atom. The van der Waals surface area contributed by atoms with Crippen molar-refractivity contribution in [3.05, 3.63) is 76.3 Å². The number of anilines is 2. The molecule has 122 valence electrons. The van der Waals surface area contributed by atoms with Gasteiger partial charge in [-0.15, -0.1) is 0 Å². The number of hydrogen-bond acceptors (Lipinski definition) is 4. The molecule has 0 aliphatic heterocycles. The first-order chi connectivity index (χ1) is 11.6. The maximum absolute atomic E-state index is 12.1. The third-order valence-electron chi connectivity index (χ3n) is 3.48. The van der Waals surface area contributed by atoms with Crippen LogP contribution in [0.25, 0.3) is 0 Å². The molecule has 0 aliphatic carbocycles. The van der Waals surface area contributed by atoms with Crippen LogP contribution in [0.3, 0.4) is 0 Å². The Kier molecular flexibility index (Phi) is 4.96. The number of benzene rings is 1. The summed E-state index contributed by atoms with van der Waals surface area (Å²) < 4.78 is 6.21. The quantitative estimate of drug-likeness (QED) is 0.681. The number of halogens is 1. The highest BCUT2D eigenvalue weighted by Crippen LogP contribution is 2.22. The van der Waals surface area contributed by atoms with Gasteiger partial charge in [-0.05, 0) is 55.0 Å². The Morgan fingerprint density at radius 2 is 2.12 bits per heavy atom. The van der Waals surface area contributed by atoms with Crippen LogP contribution in [0.1, 0.15) is 21.7 Å². The number of pyridine rings is 1. The van der Waals surface area contributed by atoms with E-state index in [9.17, 15) is 4.79 Å². The van der Waals surface area contributed by atoms with E-state index in [4.69, 9.17) is 4.42 Å². The summed E-state index contributed by atoms with van der Waals surface area (Å²) in [5, 5.41) is 6.03. The van der Waals surface area contributed by atoms with Crippen molar-refractivity contribution in [1.82, 2.24) is 10.3 Å². The molecule has 0 radical (unpaired) electrons. The number of nitrogens with one attached hydrogen (secondary N) is 2. The Labute approximate surface area is 148 Å². The predicted octanol–water partition coefficient (Wildman–Crippen LogP) is 4.42. The molecule has 2 N–H and O–H groups in total. The maximum Gasteiger partial charge on any atom is 0.253 e. The minimum absolute atomic E-state index is 0.190. The van der Waals surface area contributed by atoms with Crippen molar-refractivity contribution < 1.29 is 9.21 Å². The molecule has 2 heterocycles. The van der Waals surface area contributed by atoms with Gasteiger partial charge >= 0.3 is 0 Å². The van der Waals surface area contributed by atoms with Gasteiger partial charge in [0.1, 0.15) is 11.6 Å². The molecule has 3 rings (SSSR count). The average molecular weight is 386 g/mol. The van der Waals surface area contributed by atoms with E-state index >= 15 is 0 Å². The lowest BCUT2D eigenvalue weighted by Gasteiger charge is -2.10. The topological polar surface area (TPSA) is 67.2 Å². The summed E-state index contributed by atoms with van der Waals surface area (Å²) in [4.78, 5) is 16.4. The highest BCUT2D eigenvalue weighted by molar-refractivity contribution is 9.10. The standard InChI is InChI=1S/C18H16BrN3O2/c1-12-9-14(19)5-6-16(12)22-17-7-4-13(10-20-17)18(23)21-11-15-3-2-8-24-15/h2-10H,11H2,1H3,(H,20,22)(H,21,23). The summed E-state index contributed by atoms with van der Waals surface area (Å²) in [5.41, 5.74) is 2.58. The second kappa shape index (κ2) is 7.31. The minimum Gasteiger partial charge on any atom is -0.467 e. The van der Waals surface area contributed by atoms with Crippen LogP contribution in [-0.4, -0.2) is 10.9 Å². The highest BCUT2D eigenvalue weighted by atomic mass is 79.9. The first kappa shape index (κ1) is 16.3. The Morgan fingerprint density at radius 1 is 1.25 bits per heavy atom. The summed E-state index contributed by atoms with van der Waals surface area (Å²) in [6, 6.07) is 13.1. The molecule has 24 heavy (non-hydrogen) atoms. The smallest absolute Gasteiger partial charge is 0.253 e. The van der Waals surface area contributed by atoms with Gasteiger partial charge in [-0.2, -0.15) is 0 Å². The highest BCUT2D eigenvalue weighted by Gasteiger charge is 2.07. The van der Waals surface area contributed by atoms with Crippen molar-refractivity contribution in [1.29, 1.82) is 0 Å². The fourth-order valence-corrected chi connectivity index (χ4v) is 2.67. The van der Waals surface area contributed by atoms with Crippen LogP contribution in [-0.2, 0) is 6.54 Å². The normalized spacial score (nSPS) is 10.4. The lowest BCUT2D eigenvalue weighted by Crippen LogP contribution is -2.22. The summed E-state index contributed by atoms with van der Waals surface area (Å²) in [6.07, 6.45) is 3.13. The molecule has 0 fully saturated rings. The second-order valence-electron chi connectivity index (χ2n) is 5.28. The monoisotopic (exact) mass is 385 g/mol. The number of aryl methyl sites for hydroxylation is 1. The van der Waals surface area contributed by atoms with E-state index in [0.29, 0.717) is 23.7 Å². The fraction of sp³-hybridized carbons (Fsp3) is 0.111. The molecule has 1 amide bonds. The second-order valence-corrected chi connectivity index (χ2v) is 6.19. The van der Waals surface area contributed by atoms with Crippen LogP contribution < -0.4 is 10.6 Å². The van der Waals surface area contributed by atoms with E-state index in [1.807, 2.05) is 31.2 Å². The molecule has 0 unspecified atom stereocenters. The van der Waals surface area contributed by atoms with Gasteiger partial charge in [-0.3, -0.25) is 4.79 Å². The fourth-order valence-electron chi connectivity index (χ4n) is 2.19. The number of rotatable bonds is 5. The molecule has 0 atom stereocenters. The zero-order valence-electron chi connectivity index (χ0n) is 13.0. The molecule has 0 spiro atoms. The number of amides is 1. The van der Waals surface area contributed by atoms with Gasteiger partial charge in [-0.25, -0.2) is 4.98 Å². The van der Waals surface area contributed by atoms with Crippen LogP contribution in [0, 0.1) is 6.92 Å². The van der Waals surface area contributed by atoms with Gasteiger partial charge in [0.05, 0.1) is 18.4 Å². The van der Waals surface area contributed by atoms with Gasteiger partial charge in [0.2, 0.25) is 0 Å². The SMILES string of the molecule is Cc1cc(Br)ccc1Nc1ccc(C(=O)NCc2ccco2)cn1. The van der Waals surface area contributed by atoms with Gasteiger partial charge < -0.3 is 15.1 Å². The molecule has 0 saturated carbocycles. The lowest BCUT2D eigenvalue weighted by atomic mass is 10.2. The summed E-state index contributed by atoms with van der Waals surface area (Å²) in [5.74, 6) is 1.20. The summed E-state index contributed by atoms with van der Waals surface area (Å²) in [7, 11) is 0. The zero-order valence-corrected chi connectivity index (χ0v) is 14.6. The largest absolute Gasteiger partial charge is 0.467 e. The average Bonchev–Trinajstić information content (AvgIpc) is 3.09. The van der Waals surface area contributed by atoms with Crippen molar-refractivity contribution in [2.75, 3.05) is 5.32 Å². The summed E-state index contributed by atoms with van der Waals surface area (Å²) in [6.45, 7) is 2.37. The van der Waals surface area contributed by atoms with Crippen LogP contribution in [0.15, 0.2) is 63.8 Å². The maximum atomic E-state index is 12.1. The van der Waals surface area contributed by atoms with E-state index < -0.39 is 0 Å². The zero-order chi connectivity index (χ0) is 16.9. The molecule has 1 aromatic carbocycles. The number of furan rings is 1. The van der Waals surface area contributed by atoms with Crippen LogP contribution in [0.5, 0.6) is 0 Å². The van der Waals surface area contributed by atoms with Crippen molar-refractivity contribution in [2.24, 2.45) is 0 Å². The lowest BCUT2D eigenvalue weighted by molar-refractivity contribution is 0.0947. The Balaban J connectivity index is 1.63. The molecule has 0 aliphatic rings. The Hall–Kier alpha value is -2.60. The number of aromatic nitrogens is 1. The van der Waals surface area contributed by atoms with Crippen LogP contribution in [0.2, 0.25) is 0 Å². The van der Waals surface area contributed by atoms with E-state index in [-0.39, 0.29) is 5.91 Å². The number of nitrogens with zero attached hydrogens (tertiary/aromatic N) is 1. The van der Waals surface area contributed by atoms with E-state index in [2.05, 4.69) is 31.5 Å². The van der Waals surface area contributed by atoms with E-state index in [1.165, 1.54) is 0 Å². The number of hydrogen-bond donors (Lipinski definition) is 2. The first-order valence-corrected chi connectivity index (χ1v) is 8.21. The van der Waals surface area contributed by atoms with Gasteiger partial charge in [0.15, 0.2) is 0 Å².